The summed E-state index contributed by atoms with van der Waals surface area (Å²) in [6.07, 6.45) is -21.8. The van der Waals surface area contributed by atoms with Crippen molar-refractivity contribution in [3.63, 3.8) is 0 Å². The number of urea groups is 1. The number of amides is 2. The van der Waals surface area contributed by atoms with E-state index < -0.39 is 70.2 Å². The summed E-state index contributed by atoms with van der Waals surface area (Å²) in [5, 5.41) is -0.278. The molecule has 0 heterocycles. The lowest BCUT2D eigenvalue weighted by molar-refractivity contribution is -0.386. The number of benzene rings is 1. The van der Waals surface area contributed by atoms with Crippen molar-refractivity contribution in [2.75, 3.05) is 5.32 Å². The third kappa shape index (κ3) is 3.60. The first-order valence-corrected chi connectivity index (χ1v) is 6.10. The van der Waals surface area contributed by atoms with Gasteiger partial charge in [-0.25, -0.2) is 26.7 Å². The van der Waals surface area contributed by atoms with E-state index in [4.69, 9.17) is 0 Å². The van der Waals surface area contributed by atoms with E-state index in [1.807, 2.05) is 0 Å². The van der Waals surface area contributed by atoms with Crippen LogP contribution in [0.5, 0.6) is 0 Å². The topological polar surface area (TPSA) is 41.1 Å². The van der Waals surface area contributed by atoms with Gasteiger partial charge in [-0.3, -0.25) is 0 Å². The molecule has 3 nitrogen and oxygen atoms in total. The minimum absolute atomic E-state index is 0.312. The molecule has 0 aromatic heterocycles. The number of nitrogens with one attached hydrogen (secondary N) is 2. The highest BCUT2D eigenvalue weighted by Gasteiger charge is 2.84. The van der Waals surface area contributed by atoms with Crippen LogP contribution in [0.15, 0.2) is 0 Å². The third-order valence-electron chi connectivity index (χ3n) is 3.02. The summed E-state index contributed by atoms with van der Waals surface area (Å²) in [6, 6.07) is -3.23. The maximum Gasteiger partial charge on any atom is 0.429 e. The lowest BCUT2D eigenvalue weighted by atomic mass is 9.97. The molecule has 0 fully saturated rings. The zero-order valence-electron chi connectivity index (χ0n) is 12.2. The lowest BCUT2D eigenvalue weighted by Gasteiger charge is -2.38. The van der Waals surface area contributed by atoms with Gasteiger partial charge in [0.05, 0.1) is 0 Å². The molecule has 0 spiro atoms. The Morgan fingerprint density at radius 3 is 1.14 bits per heavy atom. The van der Waals surface area contributed by atoms with Crippen LogP contribution in [-0.4, -0.2) is 30.1 Å². The first-order chi connectivity index (χ1) is 12.3. The normalized spacial score (nSPS) is 13.5. The molecule has 0 aliphatic carbocycles. The molecule has 28 heavy (non-hydrogen) atoms. The van der Waals surface area contributed by atoms with Crippen LogP contribution in [0.3, 0.4) is 0 Å². The van der Waals surface area contributed by atoms with E-state index in [-0.39, 0.29) is 0 Å². The molecule has 17 heteroatoms. The van der Waals surface area contributed by atoms with Gasteiger partial charge in [-0.1, -0.05) is 0 Å². The van der Waals surface area contributed by atoms with Gasteiger partial charge in [0.2, 0.25) is 5.82 Å². The van der Waals surface area contributed by atoms with Crippen molar-refractivity contribution in [2.45, 2.75) is 24.1 Å². The van der Waals surface area contributed by atoms with Crippen molar-refractivity contribution in [3.05, 3.63) is 29.1 Å². The Bertz CT molecular complexity index is 712. The van der Waals surface area contributed by atoms with Crippen molar-refractivity contribution in [3.8, 4) is 0 Å². The largest absolute Gasteiger partial charge is 0.429 e. The summed E-state index contributed by atoms with van der Waals surface area (Å²) in [7, 11) is 0. The molecule has 0 saturated carbocycles. The number of hydrogen-bond acceptors (Lipinski definition) is 1. The second-order valence-corrected chi connectivity index (χ2v) is 4.77. The Morgan fingerprint density at radius 1 is 0.571 bits per heavy atom. The molecule has 0 unspecified atom stereocenters. The maximum absolute atomic E-state index is 13.3. The van der Waals surface area contributed by atoms with Gasteiger partial charge in [0, 0.05) is 0 Å². The predicted molar refractivity (Wildman–Crippen MR) is 59.3 cm³/mol. The predicted octanol–water partition coefficient (Wildman–Crippen LogP) is 4.93. The van der Waals surface area contributed by atoms with Gasteiger partial charge in [-0.15, -0.1) is 0 Å². The summed E-state index contributed by atoms with van der Waals surface area (Å²) in [6.45, 7) is 0. The Morgan fingerprint density at radius 2 is 0.857 bits per heavy atom. The molecule has 1 rings (SSSR count). The summed E-state index contributed by atoms with van der Waals surface area (Å²) in [5.41, 5.74) is -9.42. The Kier molecular flexibility index (Phi) is 5.75. The maximum atomic E-state index is 13.3. The minimum atomic E-state index is -7.28. The van der Waals surface area contributed by atoms with Gasteiger partial charge in [0.15, 0.2) is 23.3 Å². The summed E-state index contributed by atoms with van der Waals surface area (Å²) in [5.74, 6) is -14.3. The molecular formula is C11H2F14N2O. The quantitative estimate of drug-likeness (QED) is 0.379. The van der Waals surface area contributed by atoms with Crippen LogP contribution in [0.1, 0.15) is 0 Å². The number of anilines is 1. The van der Waals surface area contributed by atoms with Gasteiger partial charge < -0.3 is 10.6 Å². The summed E-state index contributed by atoms with van der Waals surface area (Å²) < 4.78 is 179. The molecular weight excluding hydrogens is 442 g/mol. The van der Waals surface area contributed by atoms with Crippen molar-refractivity contribution in [1.29, 1.82) is 0 Å². The average molecular weight is 444 g/mol. The van der Waals surface area contributed by atoms with Crippen LogP contribution in [0.25, 0.3) is 0 Å². The van der Waals surface area contributed by atoms with Crippen LogP contribution < -0.4 is 10.6 Å². The van der Waals surface area contributed by atoms with Crippen LogP contribution >= 0.6 is 0 Å². The molecule has 0 atom stereocenters. The van der Waals surface area contributed by atoms with E-state index in [9.17, 15) is 66.3 Å². The molecule has 0 aliphatic rings. The Labute approximate surface area is 143 Å². The Balaban J connectivity index is 3.49. The molecule has 2 N–H and O–H groups in total. The van der Waals surface area contributed by atoms with E-state index in [0.717, 1.165) is 0 Å². The molecule has 0 bridgehead atoms. The van der Waals surface area contributed by atoms with Crippen molar-refractivity contribution < 1.29 is 66.3 Å². The van der Waals surface area contributed by atoms with Gasteiger partial charge in [-0.2, -0.15) is 39.5 Å². The zero-order valence-corrected chi connectivity index (χ0v) is 12.2. The lowest BCUT2D eigenvalue weighted by Crippen LogP contribution is -2.75. The SMILES string of the molecule is O=C(Nc1c(F)c(F)c(F)c(F)c1F)NC(C(F)(F)F)(C(F)(F)F)C(F)(F)F. The smallest absolute Gasteiger partial charge is 0.308 e. The third-order valence-corrected chi connectivity index (χ3v) is 3.02. The Hall–Kier alpha value is -2.49. The number of rotatable bonds is 2. The average Bonchev–Trinajstić information content (AvgIpc) is 2.49. The zero-order chi connectivity index (χ0) is 22.5. The van der Waals surface area contributed by atoms with Crippen LogP contribution in [0.4, 0.5) is 71.9 Å². The molecule has 1 aromatic rings. The van der Waals surface area contributed by atoms with E-state index in [1.165, 1.54) is 0 Å². The van der Waals surface area contributed by atoms with Gasteiger partial charge in [0.25, 0.3) is 0 Å². The van der Waals surface area contributed by atoms with Crippen molar-refractivity contribution in [2.24, 2.45) is 0 Å². The number of carbonyl (C=O) groups excluding carboxylic acids is 1. The van der Waals surface area contributed by atoms with Crippen LogP contribution in [0.2, 0.25) is 0 Å². The van der Waals surface area contributed by atoms with Crippen LogP contribution in [-0.2, 0) is 0 Å². The number of alkyl halides is 9. The summed E-state index contributed by atoms with van der Waals surface area (Å²) in [4.78, 5) is 11.2. The van der Waals surface area contributed by atoms with Crippen molar-refractivity contribution >= 4 is 11.7 Å². The highest BCUT2D eigenvalue weighted by Crippen LogP contribution is 2.52. The number of hydrogen-bond donors (Lipinski definition) is 2. The fraction of sp³-hybridized carbons (Fsp3) is 0.364. The van der Waals surface area contributed by atoms with E-state index in [2.05, 4.69) is 0 Å². The highest BCUT2D eigenvalue weighted by atomic mass is 19.4. The van der Waals surface area contributed by atoms with E-state index >= 15 is 0 Å². The van der Waals surface area contributed by atoms with Gasteiger partial charge in [-0.05, 0) is 0 Å². The molecule has 160 valence electrons. The monoisotopic (exact) mass is 444 g/mol. The van der Waals surface area contributed by atoms with Crippen molar-refractivity contribution in [1.82, 2.24) is 5.32 Å². The van der Waals surface area contributed by atoms with E-state index in [0.29, 0.717) is 5.32 Å². The van der Waals surface area contributed by atoms with Crippen LogP contribution in [0, 0.1) is 29.1 Å². The molecule has 2 amide bonds. The molecule has 0 aliphatic heterocycles. The minimum Gasteiger partial charge on any atom is -0.308 e. The fourth-order valence-electron chi connectivity index (χ4n) is 1.72. The molecule has 1 aromatic carbocycles. The molecule has 0 saturated heterocycles. The fourth-order valence-corrected chi connectivity index (χ4v) is 1.72. The van der Waals surface area contributed by atoms with E-state index in [1.54, 1.807) is 0 Å². The van der Waals surface area contributed by atoms with Gasteiger partial charge >= 0.3 is 30.1 Å². The standard InChI is InChI=1S/C11H2F14N2O/c12-1-2(13)4(15)6(5(16)3(1)14)26-7(28)27-8(9(17,18)19,10(20,21)22)11(23,24)25/h(H2,26,27,28). The second-order valence-electron chi connectivity index (χ2n) is 4.77. The summed E-state index contributed by atoms with van der Waals surface area (Å²) >= 11 is 0. The molecule has 0 radical (unpaired) electrons. The highest BCUT2D eigenvalue weighted by molar-refractivity contribution is 5.90. The number of halogens is 14. The first kappa shape index (κ1) is 23.5. The van der Waals surface area contributed by atoms with Gasteiger partial charge in [0.1, 0.15) is 5.69 Å². The first-order valence-electron chi connectivity index (χ1n) is 6.10. The second kappa shape index (κ2) is 6.84. The number of carbonyl (C=O) groups is 1.